The van der Waals surface area contributed by atoms with E-state index in [4.69, 9.17) is 71.1 Å². The minimum atomic E-state index is -2.15. The van der Waals surface area contributed by atoms with Gasteiger partial charge >= 0.3 is 53.7 Å². The highest BCUT2D eigenvalue weighted by atomic mass is 16.8. The number of hydrogen-bond donors (Lipinski definition) is 1. The molecule has 0 amide bonds. The molecule has 0 bridgehead atoms. The van der Waals surface area contributed by atoms with E-state index in [0.29, 0.717) is 0 Å². The first-order valence-corrected chi connectivity index (χ1v) is 34.6. The van der Waals surface area contributed by atoms with Gasteiger partial charge in [0.05, 0.1) is 69.9 Å². The molecule has 12 rings (SSSR count). The Kier molecular flexibility index (Phi) is 26.1. The molecule has 3 saturated heterocycles. The van der Waals surface area contributed by atoms with Crippen LogP contribution >= 0.6 is 0 Å². The van der Waals surface area contributed by atoms with Crippen molar-refractivity contribution in [3.05, 3.63) is 336 Å². The van der Waals surface area contributed by atoms with Gasteiger partial charge in [-0.15, -0.1) is 6.58 Å². The molecule has 0 saturated carbocycles. The normalized spacial score (nSPS) is 23.5. The molecule has 25 nitrogen and oxygen atoms in total. The number of esters is 9. The van der Waals surface area contributed by atoms with E-state index in [-0.39, 0.29) is 56.7 Å². The Morgan fingerprint density at radius 1 is 0.266 bits per heavy atom. The van der Waals surface area contributed by atoms with Crippen molar-refractivity contribution in [1.29, 1.82) is 0 Å². The molecule has 558 valence electrons. The summed E-state index contributed by atoms with van der Waals surface area (Å²) in [6.45, 7) is 0.935. The number of benzene rings is 9. The standard InChI is InChI=1S/C84H72O25/c1-2-48-95-83-71(108-80(93)59-44-26-10-27-45-59)69(106-78(91)57-40-22-8-23-41-57)67(104-76(89)55-36-18-6-19-37-55)63(100-83)51-98-84-72(109-81(94)60-46-28-11-29-47-60)70(107-79(92)58-42-24-9-25-43-58)66(103-75(88)54-34-16-5-17-35-54)62(101-84)50-97-82-64(85)68(105-77(90)56-38-20-7-21-39-56)65(102-74(87)53-32-14-4-15-33-53)61(99-82)49-96-73(86)52-30-12-3-13-31-52/h2-47,61-72,82-85H,1,48-51H2/t61-,62-,63-,64+,65-,66-,67-,68-,69+,70+,71+,72+,82+,83+,84+/m1/s1. The Bertz CT molecular complexity index is 4530. The average Bonchev–Trinajstić information content (AvgIpc) is 0.775. The molecule has 3 fully saturated rings. The van der Waals surface area contributed by atoms with Crippen LogP contribution in [0.4, 0.5) is 0 Å². The summed E-state index contributed by atoms with van der Waals surface area (Å²) in [5.74, 6) is -8.99. The van der Waals surface area contributed by atoms with Gasteiger partial charge in [-0.2, -0.15) is 0 Å². The smallest absolute Gasteiger partial charge is 0.338 e. The van der Waals surface area contributed by atoms with Gasteiger partial charge in [-0.1, -0.05) is 170 Å². The summed E-state index contributed by atoms with van der Waals surface area (Å²) in [4.78, 5) is 130. The molecule has 15 atom stereocenters. The van der Waals surface area contributed by atoms with Crippen LogP contribution in [0.2, 0.25) is 0 Å². The van der Waals surface area contributed by atoms with Crippen LogP contribution in [0.3, 0.4) is 0 Å². The number of carbonyl (C=O) groups excluding carboxylic acids is 9. The number of ether oxygens (including phenoxy) is 15. The maximum atomic E-state index is 14.9. The zero-order chi connectivity index (χ0) is 76.0. The maximum Gasteiger partial charge on any atom is 0.338 e. The summed E-state index contributed by atoms with van der Waals surface area (Å²) in [5, 5.41) is 12.7. The van der Waals surface area contributed by atoms with Gasteiger partial charge in [-0.05, 0) is 109 Å². The third kappa shape index (κ3) is 19.7. The Labute approximate surface area is 624 Å². The van der Waals surface area contributed by atoms with Crippen molar-refractivity contribution < 1.29 is 119 Å². The van der Waals surface area contributed by atoms with Crippen LogP contribution in [-0.4, -0.2) is 177 Å². The van der Waals surface area contributed by atoms with Gasteiger partial charge in [0.1, 0.15) is 31.0 Å². The molecule has 9 aromatic rings. The predicted octanol–water partition coefficient (Wildman–Crippen LogP) is 10.4. The van der Waals surface area contributed by atoms with Crippen molar-refractivity contribution in [3.8, 4) is 0 Å². The minimum Gasteiger partial charge on any atom is -0.459 e. The van der Waals surface area contributed by atoms with Crippen LogP contribution in [-0.2, 0) is 71.1 Å². The van der Waals surface area contributed by atoms with Crippen molar-refractivity contribution in [2.45, 2.75) is 92.1 Å². The lowest BCUT2D eigenvalue weighted by Crippen LogP contribution is -2.65. The lowest BCUT2D eigenvalue weighted by molar-refractivity contribution is -0.339. The van der Waals surface area contributed by atoms with Crippen LogP contribution in [0.5, 0.6) is 0 Å². The van der Waals surface area contributed by atoms with Crippen LogP contribution < -0.4 is 0 Å². The van der Waals surface area contributed by atoms with Gasteiger partial charge in [0.15, 0.2) is 67.7 Å². The number of rotatable bonds is 28. The topological polar surface area (TPSA) is 312 Å². The van der Waals surface area contributed by atoms with Crippen molar-refractivity contribution in [3.63, 3.8) is 0 Å². The molecule has 0 unspecified atom stereocenters. The second-order valence-corrected chi connectivity index (χ2v) is 24.8. The molecule has 0 aliphatic carbocycles. The van der Waals surface area contributed by atoms with E-state index in [0.717, 1.165) is 0 Å². The summed E-state index contributed by atoms with van der Waals surface area (Å²) < 4.78 is 95.6. The van der Waals surface area contributed by atoms with Gasteiger partial charge in [-0.3, -0.25) is 0 Å². The summed E-state index contributed by atoms with van der Waals surface area (Å²) in [6, 6.07) is 69.0. The van der Waals surface area contributed by atoms with Crippen LogP contribution in [0.15, 0.2) is 286 Å². The van der Waals surface area contributed by atoms with Crippen molar-refractivity contribution in [2.75, 3.05) is 26.4 Å². The van der Waals surface area contributed by atoms with Crippen LogP contribution in [0, 0.1) is 0 Å². The van der Waals surface area contributed by atoms with Crippen molar-refractivity contribution >= 4 is 53.7 Å². The Balaban J connectivity index is 0.964. The molecule has 3 aliphatic rings. The van der Waals surface area contributed by atoms with E-state index >= 15 is 0 Å². The van der Waals surface area contributed by atoms with E-state index in [1.165, 1.54) is 115 Å². The summed E-state index contributed by atoms with van der Waals surface area (Å²) in [6.07, 6.45) is -27.1. The van der Waals surface area contributed by atoms with Gasteiger partial charge in [0, 0.05) is 0 Å². The highest BCUT2D eigenvalue weighted by Gasteiger charge is 2.58. The minimum absolute atomic E-state index is 0.000319. The number of hydrogen-bond acceptors (Lipinski definition) is 25. The van der Waals surface area contributed by atoms with E-state index in [2.05, 4.69) is 6.58 Å². The zero-order valence-corrected chi connectivity index (χ0v) is 58.0. The quantitative estimate of drug-likeness (QED) is 0.0270. The van der Waals surface area contributed by atoms with Crippen molar-refractivity contribution in [2.24, 2.45) is 0 Å². The SMILES string of the molecule is C=CCO[C@H]1O[C@H](CO[C@H]2O[C@H](CO[C@H]3O[C@H](COC(=O)c4ccccc4)[C@@H](OC(=O)c4ccccc4)[C@H](OC(=O)c4ccccc4)[C@@H]3O)[C@@H](OC(=O)c3ccccc3)[C@H](OC(=O)c3ccccc3)[C@@H]2OC(=O)c2ccccc2)[C@@H](OC(=O)c2ccccc2)[C@H](OC(=O)c2ccccc2)[C@@H]1OC(=O)c1ccccc1. The summed E-state index contributed by atoms with van der Waals surface area (Å²) in [7, 11) is 0. The summed E-state index contributed by atoms with van der Waals surface area (Å²) in [5.41, 5.74) is 0.0444. The van der Waals surface area contributed by atoms with Gasteiger partial charge < -0.3 is 76.2 Å². The van der Waals surface area contributed by atoms with Gasteiger partial charge in [0.25, 0.3) is 0 Å². The average molecular weight is 1480 g/mol. The van der Waals surface area contributed by atoms with E-state index in [1.807, 2.05) is 0 Å². The first-order chi connectivity index (χ1) is 53.2. The fraction of sp³-hybridized carbons (Fsp3) is 0.226. The Hall–Kier alpha value is -12.3. The summed E-state index contributed by atoms with van der Waals surface area (Å²) >= 11 is 0. The molecule has 0 aromatic heterocycles. The lowest BCUT2D eigenvalue weighted by Gasteiger charge is -2.47. The van der Waals surface area contributed by atoms with Crippen LogP contribution in [0.1, 0.15) is 93.2 Å². The second-order valence-electron chi connectivity index (χ2n) is 24.8. The van der Waals surface area contributed by atoms with Crippen LogP contribution in [0.25, 0.3) is 0 Å². The Morgan fingerprint density at radius 3 is 0.761 bits per heavy atom. The molecular weight excluding hydrogens is 1410 g/mol. The fourth-order valence-corrected chi connectivity index (χ4v) is 12.0. The highest BCUT2D eigenvalue weighted by Crippen LogP contribution is 2.37. The molecule has 3 aliphatic heterocycles. The molecule has 25 heteroatoms. The van der Waals surface area contributed by atoms with E-state index in [9.17, 15) is 48.3 Å². The lowest BCUT2D eigenvalue weighted by atomic mass is 9.96. The molecule has 1 N–H and O–H groups in total. The largest absolute Gasteiger partial charge is 0.459 e. The van der Waals surface area contributed by atoms with Gasteiger partial charge in [-0.25, -0.2) is 43.2 Å². The zero-order valence-electron chi connectivity index (χ0n) is 58.0. The fourth-order valence-electron chi connectivity index (χ4n) is 12.0. The molecule has 0 radical (unpaired) electrons. The number of aliphatic hydroxyl groups excluding tert-OH is 1. The van der Waals surface area contributed by atoms with E-state index in [1.54, 1.807) is 164 Å². The monoisotopic (exact) mass is 1480 g/mol. The second kappa shape index (κ2) is 37.3. The first kappa shape index (κ1) is 76.3. The molecular formula is C84H72O25. The predicted molar refractivity (Wildman–Crippen MR) is 382 cm³/mol. The first-order valence-electron chi connectivity index (χ1n) is 34.6. The van der Waals surface area contributed by atoms with Gasteiger partial charge in [0.2, 0.25) is 0 Å². The Morgan fingerprint density at radius 2 is 0.477 bits per heavy atom. The van der Waals surface area contributed by atoms with E-state index < -0.39 is 166 Å². The van der Waals surface area contributed by atoms with Crippen molar-refractivity contribution in [1.82, 2.24) is 0 Å². The number of aliphatic hydroxyl groups is 1. The third-order valence-corrected chi connectivity index (χ3v) is 17.4. The third-order valence-electron chi connectivity index (χ3n) is 17.4. The molecule has 0 spiro atoms. The highest BCUT2D eigenvalue weighted by molar-refractivity contribution is 5.94. The maximum absolute atomic E-state index is 14.9. The molecule has 9 aromatic carbocycles. The number of carbonyl (C=O) groups is 9. The molecule has 109 heavy (non-hydrogen) atoms. The molecule has 3 heterocycles.